The molecule has 9 aromatic rings. The number of rotatable bonds is 0. The highest BCUT2D eigenvalue weighted by Gasteiger charge is 2.13. The van der Waals surface area contributed by atoms with Gasteiger partial charge in [0.25, 0.3) is 0 Å². The standard InChI is InChI=1S/C31H16N2O2/c1-2-4-26-25(3-1)32-31-19-7-11-29-23(15-19)21-13-17(5-9-27(21)34-29)18-6-10-28-22(14-18)24-16-20(33(26)31)8-12-30(24)35-28/h1-16H. The first-order chi connectivity index (χ1) is 17.3. The van der Waals surface area contributed by atoms with Gasteiger partial charge in [-0.05, 0) is 83.6 Å². The Morgan fingerprint density at radius 2 is 1.06 bits per heavy atom. The summed E-state index contributed by atoms with van der Waals surface area (Å²) in [6.07, 6.45) is 0. The normalized spacial score (nSPS) is 12.6. The smallest absolute Gasteiger partial charge is 0.145 e. The minimum Gasteiger partial charge on any atom is -0.456 e. The van der Waals surface area contributed by atoms with Gasteiger partial charge >= 0.3 is 0 Å². The highest BCUT2D eigenvalue weighted by molar-refractivity contribution is 6.13. The maximum absolute atomic E-state index is 6.22. The average Bonchev–Trinajstić information content (AvgIpc) is 3.57. The topological polar surface area (TPSA) is 43.6 Å². The summed E-state index contributed by atoms with van der Waals surface area (Å²) in [5.41, 5.74) is 7.54. The number of furan rings is 2. The van der Waals surface area contributed by atoms with E-state index >= 15 is 0 Å². The van der Waals surface area contributed by atoms with Crippen LogP contribution in [0.15, 0.2) is 106 Å². The molecule has 0 unspecified atom stereocenters. The van der Waals surface area contributed by atoms with Crippen molar-refractivity contribution in [1.82, 2.24) is 9.38 Å². The number of imidazole rings is 1. The lowest BCUT2D eigenvalue weighted by molar-refractivity contribution is 0.668. The Bertz CT molecular complexity index is 2330. The summed E-state index contributed by atoms with van der Waals surface area (Å²) < 4.78 is 14.7. The molecule has 0 amide bonds. The van der Waals surface area contributed by atoms with Gasteiger partial charge in [0.2, 0.25) is 0 Å². The summed E-state index contributed by atoms with van der Waals surface area (Å²) >= 11 is 0. The lowest BCUT2D eigenvalue weighted by Gasteiger charge is -2.01. The van der Waals surface area contributed by atoms with Crippen LogP contribution in [0.25, 0.3) is 82.2 Å². The molecule has 4 aromatic heterocycles. The summed E-state index contributed by atoms with van der Waals surface area (Å²) in [7, 11) is 0. The highest BCUT2D eigenvalue weighted by Crippen LogP contribution is 2.36. The van der Waals surface area contributed by atoms with E-state index in [-0.39, 0.29) is 0 Å². The van der Waals surface area contributed by atoms with E-state index < -0.39 is 0 Å². The molecule has 4 heterocycles. The van der Waals surface area contributed by atoms with Crippen LogP contribution < -0.4 is 0 Å². The molecule has 0 atom stereocenters. The molecule has 0 N–H and O–H groups in total. The van der Waals surface area contributed by atoms with Crippen LogP contribution in [-0.2, 0) is 0 Å². The van der Waals surface area contributed by atoms with Crippen molar-refractivity contribution in [2.45, 2.75) is 0 Å². The third-order valence-corrected chi connectivity index (χ3v) is 7.33. The Labute approximate surface area is 197 Å². The largest absolute Gasteiger partial charge is 0.456 e. The number of nitrogens with zero attached hydrogens (tertiary/aromatic N) is 2. The molecule has 8 bridgehead atoms. The van der Waals surface area contributed by atoms with Gasteiger partial charge < -0.3 is 8.83 Å². The van der Waals surface area contributed by atoms with E-state index in [1.165, 1.54) is 0 Å². The molecule has 4 heteroatoms. The van der Waals surface area contributed by atoms with E-state index in [1.807, 2.05) is 6.07 Å². The minimum absolute atomic E-state index is 0.879. The van der Waals surface area contributed by atoms with Crippen LogP contribution in [0.2, 0.25) is 0 Å². The van der Waals surface area contributed by atoms with E-state index in [2.05, 4.69) is 95.4 Å². The summed E-state index contributed by atoms with van der Waals surface area (Å²) in [6.45, 7) is 0. The zero-order valence-corrected chi connectivity index (χ0v) is 18.4. The van der Waals surface area contributed by atoms with Gasteiger partial charge in [-0.1, -0.05) is 24.3 Å². The third-order valence-electron chi connectivity index (χ3n) is 7.33. The van der Waals surface area contributed by atoms with Gasteiger partial charge in [0.15, 0.2) is 0 Å². The second-order valence-corrected chi connectivity index (χ2v) is 9.28. The molecule has 0 spiro atoms. The van der Waals surface area contributed by atoms with E-state index in [4.69, 9.17) is 13.8 Å². The van der Waals surface area contributed by atoms with Crippen molar-refractivity contribution in [3.05, 3.63) is 97.1 Å². The van der Waals surface area contributed by atoms with Crippen LogP contribution in [0.4, 0.5) is 0 Å². The van der Waals surface area contributed by atoms with Crippen molar-refractivity contribution in [3.63, 3.8) is 0 Å². The van der Waals surface area contributed by atoms with Crippen molar-refractivity contribution in [3.8, 4) is 0 Å². The SMILES string of the molecule is c1ccc2c(c1)nc1c3ccc4oc5ccc(cc5c4c3)c3ccc4oc5ccc(cc5c4c3)n21. The molecule has 0 aliphatic rings. The van der Waals surface area contributed by atoms with E-state index in [9.17, 15) is 0 Å². The van der Waals surface area contributed by atoms with Gasteiger partial charge in [0.1, 0.15) is 28.0 Å². The zero-order valence-electron chi connectivity index (χ0n) is 18.4. The molecule has 0 saturated heterocycles. The number of aromatic nitrogens is 2. The Morgan fingerprint density at radius 3 is 1.74 bits per heavy atom. The monoisotopic (exact) mass is 448 g/mol. The van der Waals surface area contributed by atoms with Crippen LogP contribution in [0.5, 0.6) is 0 Å². The molecule has 0 fully saturated rings. The Morgan fingerprint density at radius 1 is 0.514 bits per heavy atom. The van der Waals surface area contributed by atoms with Crippen LogP contribution >= 0.6 is 0 Å². The number of hydrogen-bond acceptors (Lipinski definition) is 3. The fourth-order valence-electron chi connectivity index (χ4n) is 5.66. The number of benzene rings is 5. The van der Waals surface area contributed by atoms with Crippen LogP contribution in [-0.4, -0.2) is 9.38 Å². The lowest BCUT2D eigenvalue weighted by atomic mass is 10.0. The van der Waals surface area contributed by atoms with Crippen molar-refractivity contribution < 1.29 is 8.83 Å². The number of hydrogen-bond donors (Lipinski definition) is 0. The Balaban J connectivity index is 1.66. The number of para-hydroxylation sites is 2. The fourth-order valence-corrected chi connectivity index (χ4v) is 5.66. The Kier molecular flexibility index (Phi) is 3.01. The molecule has 5 aromatic carbocycles. The van der Waals surface area contributed by atoms with Gasteiger partial charge in [0, 0.05) is 32.4 Å². The first-order valence-electron chi connectivity index (χ1n) is 11.7. The molecular weight excluding hydrogens is 432 g/mol. The van der Waals surface area contributed by atoms with Crippen molar-refractivity contribution in [2.24, 2.45) is 0 Å². The summed E-state index contributed by atoms with van der Waals surface area (Å²) in [5.74, 6) is 0. The maximum Gasteiger partial charge on any atom is 0.145 e. The fraction of sp³-hybridized carbons (Fsp3) is 0. The van der Waals surface area contributed by atoms with Crippen molar-refractivity contribution in [2.75, 3.05) is 0 Å². The van der Waals surface area contributed by atoms with E-state index in [0.29, 0.717) is 0 Å². The zero-order chi connectivity index (χ0) is 22.7. The second-order valence-electron chi connectivity index (χ2n) is 9.28. The molecule has 0 aliphatic carbocycles. The predicted octanol–water partition coefficient (Wildman–Crippen LogP) is 8.59. The molecule has 0 aliphatic heterocycles. The average molecular weight is 448 g/mol. The first-order valence-corrected chi connectivity index (χ1v) is 11.7. The maximum atomic E-state index is 6.22. The lowest BCUT2D eigenvalue weighted by Crippen LogP contribution is -1.85. The van der Waals surface area contributed by atoms with Gasteiger partial charge in [-0.15, -0.1) is 0 Å². The van der Waals surface area contributed by atoms with E-state index in [1.54, 1.807) is 0 Å². The van der Waals surface area contributed by atoms with E-state index in [0.717, 1.165) is 82.2 Å². The molecular formula is C31H16N2O2. The van der Waals surface area contributed by atoms with Gasteiger partial charge in [-0.2, -0.15) is 0 Å². The summed E-state index contributed by atoms with van der Waals surface area (Å²) in [6, 6.07) is 33.9. The second kappa shape index (κ2) is 5.99. The molecule has 0 saturated carbocycles. The molecule has 4 nitrogen and oxygen atoms in total. The molecule has 0 radical (unpaired) electrons. The van der Waals surface area contributed by atoms with Crippen LogP contribution in [0.3, 0.4) is 0 Å². The highest BCUT2D eigenvalue weighted by atomic mass is 16.3. The van der Waals surface area contributed by atoms with Gasteiger partial charge in [-0.3, -0.25) is 4.40 Å². The summed E-state index contributed by atoms with van der Waals surface area (Å²) in [4.78, 5) is 5.08. The first kappa shape index (κ1) is 17.6. The summed E-state index contributed by atoms with van der Waals surface area (Å²) in [5, 5.41) is 7.77. The predicted molar refractivity (Wildman–Crippen MR) is 142 cm³/mol. The number of fused-ring (bicyclic) bond motifs is 10. The van der Waals surface area contributed by atoms with Crippen molar-refractivity contribution >= 4 is 82.2 Å². The van der Waals surface area contributed by atoms with Crippen molar-refractivity contribution in [1.29, 1.82) is 0 Å². The van der Waals surface area contributed by atoms with Crippen LogP contribution in [0, 0.1) is 0 Å². The molecule has 35 heavy (non-hydrogen) atoms. The van der Waals surface area contributed by atoms with Crippen LogP contribution in [0.1, 0.15) is 0 Å². The molecule has 162 valence electrons. The molecule has 9 rings (SSSR count). The quantitative estimate of drug-likeness (QED) is 0.233. The minimum atomic E-state index is 0.879. The Hall–Kier alpha value is -4.83. The van der Waals surface area contributed by atoms with Gasteiger partial charge in [-0.25, -0.2) is 4.98 Å². The van der Waals surface area contributed by atoms with Gasteiger partial charge in [0.05, 0.1) is 11.0 Å². The third kappa shape index (κ3) is 2.23.